The summed E-state index contributed by atoms with van der Waals surface area (Å²) in [5.74, 6) is 2.03. The third-order valence-electron chi connectivity index (χ3n) is 4.28. The number of imidazole rings is 1. The van der Waals surface area contributed by atoms with Crippen molar-refractivity contribution in [3.05, 3.63) is 72.3 Å². The van der Waals surface area contributed by atoms with Crippen molar-refractivity contribution in [2.45, 2.75) is 13.1 Å². The molecule has 1 heterocycles. The second-order valence-corrected chi connectivity index (χ2v) is 6.17. The Hall–Kier alpha value is -3.48. The summed E-state index contributed by atoms with van der Waals surface area (Å²) in [6.45, 7) is 1.48. The molecule has 146 valence electrons. The van der Waals surface area contributed by atoms with Crippen molar-refractivity contribution >= 4 is 11.6 Å². The highest BCUT2D eigenvalue weighted by Crippen LogP contribution is 2.29. The van der Waals surface area contributed by atoms with E-state index in [9.17, 15) is 0 Å². The molecule has 0 aliphatic heterocycles. The van der Waals surface area contributed by atoms with Gasteiger partial charge in [-0.3, -0.25) is 4.99 Å². The van der Waals surface area contributed by atoms with Gasteiger partial charge >= 0.3 is 0 Å². The summed E-state index contributed by atoms with van der Waals surface area (Å²) >= 11 is 0. The van der Waals surface area contributed by atoms with E-state index in [2.05, 4.69) is 44.9 Å². The maximum Gasteiger partial charge on any atom is 0.195 e. The molecule has 7 nitrogen and oxygen atoms in total. The molecule has 0 saturated heterocycles. The summed E-state index contributed by atoms with van der Waals surface area (Å²) in [4.78, 5) is 8.34. The first-order chi connectivity index (χ1) is 13.7. The summed E-state index contributed by atoms with van der Waals surface area (Å²) in [5.41, 5.74) is 3.26. The van der Waals surface area contributed by atoms with E-state index in [0.717, 1.165) is 12.2 Å². The number of hydrogen-bond acceptors (Lipinski definition) is 4. The van der Waals surface area contributed by atoms with Gasteiger partial charge in [0.05, 0.1) is 20.5 Å². The molecule has 2 aromatic carbocycles. The number of aromatic nitrogens is 2. The molecule has 0 atom stereocenters. The van der Waals surface area contributed by atoms with Crippen LogP contribution >= 0.6 is 0 Å². The highest BCUT2D eigenvalue weighted by Gasteiger charge is 2.06. The van der Waals surface area contributed by atoms with Gasteiger partial charge in [0, 0.05) is 44.3 Å². The van der Waals surface area contributed by atoms with Gasteiger partial charge in [-0.25, -0.2) is 4.98 Å². The second kappa shape index (κ2) is 9.45. The molecule has 0 fully saturated rings. The Balaban J connectivity index is 1.56. The minimum absolute atomic E-state index is 0.663. The highest BCUT2D eigenvalue weighted by molar-refractivity contribution is 5.93. The Labute approximate surface area is 165 Å². The van der Waals surface area contributed by atoms with Gasteiger partial charge in [0.25, 0.3) is 0 Å². The lowest BCUT2D eigenvalue weighted by atomic mass is 10.1. The number of aliphatic imine (C=N–C) groups is 1. The van der Waals surface area contributed by atoms with E-state index < -0.39 is 0 Å². The van der Waals surface area contributed by atoms with Crippen LogP contribution in [0.25, 0.3) is 0 Å². The molecule has 28 heavy (non-hydrogen) atoms. The topological polar surface area (TPSA) is 72.7 Å². The van der Waals surface area contributed by atoms with Crippen LogP contribution in [-0.2, 0) is 13.1 Å². The molecule has 3 aromatic rings. The highest BCUT2D eigenvalue weighted by atomic mass is 16.5. The molecule has 0 amide bonds. The molecular weight excluding hydrogens is 354 g/mol. The molecule has 0 aliphatic carbocycles. The van der Waals surface area contributed by atoms with Crippen molar-refractivity contribution in [1.29, 1.82) is 0 Å². The molecule has 1 aromatic heterocycles. The lowest BCUT2D eigenvalue weighted by molar-refractivity contribution is 0.355. The lowest BCUT2D eigenvalue weighted by Crippen LogP contribution is -2.30. The van der Waals surface area contributed by atoms with Crippen molar-refractivity contribution in [2.75, 3.05) is 26.6 Å². The van der Waals surface area contributed by atoms with Crippen LogP contribution in [0, 0.1) is 0 Å². The van der Waals surface area contributed by atoms with Crippen LogP contribution in [0.5, 0.6) is 11.5 Å². The standard InChI is InChI=1S/C21H25N5O2/c1-22-21(25-18-8-9-19(27-2)20(12-18)28-3)24-13-16-4-6-17(7-5-16)14-26-11-10-23-15-26/h4-12,15H,13-14H2,1-3H3,(H2,22,24,25). The Morgan fingerprint density at radius 1 is 1.04 bits per heavy atom. The fraction of sp³-hybridized carbons (Fsp3) is 0.238. The molecule has 0 unspecified atom stereocenters. The molecule has 3 rings (SSSR count). The fourth-order valence-electron chi connectivity index (χ4n) is 2.77. The third kappa shape index (κ3) is 5.03. The van der Waals surface area contributed by atoms with Crippen LogP contribution in [0.15, 0.2) is 66.2 Å². The maximum atomic E-state index is 5.34. The van der Waals surface area contributed by atoms with Crippen LogP contribution in [0.2, 0.25) is 0 Å². The minimum atomic E-state index is 0.663. The zero-order valence-electron chi connectivity index (χ0n) is 16.3. The Morgan fingerprint density at radius 3 is 2.43 bits per heavy atom. The van der Waals surface area contributed by atoms with Crippen LogP contribution in [0.3, 0.4) is 0 Å². The second-order valence-electron chi connectivity index (χ2n) is 6.17. The first-order valence-electron chi connectivity index (χ1n) is 8.95. The van der Waals surface area contributed by atoms with E-state index in [1.165, 1.54) is 11.1 Å². The summed E-state index contributed by atoms with van der Waals surface area (Å²) in [6, 6.07) is 14.1. The smallest absolute Gasteiger partial charge is 0.195 e. The monoisotopic (exact) mass is 379 g/mol. The Bertz CT molecular complexity index is 905. The number of ether oxygens (including phenoxy) is 2. The number of nitrogens with one attached hydrogen (secondary N) is 2. The van der Waals surface area contributed by atoms with Crippen LogP contribution < -0.4 is 20.1 Å². The van der Waals surface area contributed by atoms with Crippen LogP contribution in [0.1, 0.15) is 11.1 Å². The third-order valence-corrected chi connectivity index (χ3v) is 4.28. The molecule has 2 N–H and O–H groups in total. The Kier molecular flexibility index (Phi) is 6.51. The van der Waals surface area contributed by atoms with Crippen molar-refractivity contribution < 1.29 is 9.47 Å². The van der Waals surface area contributed by atoms with Gasteiger partial charge in [-0.05, 0) is 23.3 Å². The summed E-state index contributed by atoms with van der Waals surface area (Å²) in [7, 11) is 4.97. The normalized spacial score (nSPS) is 11.2. The minimum Gasteiger partial charge on any atom is -0.493 e. The van der Waals surface area contributed by atoms with Crippen LogP contribution in [-0.4, -0.2) is 36.8 Å². The number of anilines is 1. The van der Waals surface area contributed by atoms with Gasteiger partial charge in [0.1, 0.15) is 0 Å². The van der Waals surface area contributed by atoms with Gasteiger partial charge in [0.15, 0.2) is 17.5 Å². The molecule has 0 spiro atoms. The fourth-order valence-corrected chi connectivity index (χ4v) is 2.77. The van der Waals surface area contributed by atoms with E-state index >= 15 is 0 Å². The predicted molar refractivity (Wildman–Crippen MR) is 111 cm³/mol. The average molecular weight is 379 g/mol. The largest absolute Gasteiger partial charge is 0.493 e. The number of rotatable bonds is 7. The number of hydrogen-bond donors (Lipinski definition) is 2. The van der Waals surface area contributed by atoms with E-state index in [-0.39, 0.29) is 0 Å². The predicted octanol–water partition coefficient (Wildman–Crippen LogP) is 3.14. The lowest BCUT2D eigenvalue weighted by Gasteiger charge is -2.14. The summed E-state index contributed by atoms with van der Waals surface area (Å²) < 4.78 is 12.6. The van der Waals surface area contributed by atoms with E-state index in [0.29, 0.717) is 24.0 Å². The number of nitrogens with zero attached hydrogens (tertiary/aromatic N) is 3. The van der Waals surface area contributed by atoms with Gasteiger partial charge in [-0.1, -0.05) is 24.3 Å². The summed E-state index contributed by atoms with van der Waals surface area (Å²) in [5, 5.41) is 6.58. The SMILES string of the molecule is CN=C(NCc1ccc(Cn2ccnc2)cc1)Nc1ccc(OC)c(OC)c1. The molecular formula is C21H25N5O2. The molecule has 0 saturated carbocycles. The van der Waals surface area contributed by atoms with Crippen molar-refractivity contribution in [1.82, 2.24) is 14.9 Å². The van der Waals surface area contributed by atoms with Crippen molar-refractivity contribution in [3.63, 3.8) is 0 Å². The molecule has 0 bridgehead atoms. The van der Waals surface area contributed by atoms with Crippen molar-refractivity contribution in [2.24, 2.45) is 4.99 Å². The number of methoxy groups -OCH3 is 2. The van der Waals surface area contributed by atoms with Gasteiger partial charge in [-0.2, -0.15) is 0 Å². The molecule has 0 aliphatic rings. The first kappa shape index (κ1) is 19.3. The van der Waals surface area contributed by atoms with Crippen LogP contribution in [0.4, 0.5) is 5.69 Å². The Morgan fingerprint density at radius 2 is 1.79 bits per heavy atom. The number of benzene rings is 2. The number of guanidine groups is 1. The zero-order chi connectivity index (χ0) is 19.8. The quantitative estimate of drug-likeness (QED) is 0.487. The van der Waals surface area contributed by atoms with E-state index in [1.54, 1.807) is 27.5 Å². The molecule has 7 heteroatoms. The maximum absolute atomic E-state index is 5.34. The van der Waals surface area contributed by atoms with Gasteiger partial charge < -0.3 is 24.7 Å². The van der Waals surface area contributed by atoms with Gasteiger partial charge in [-0.15, -0.1) is 0 Å². The van der Waals surface area contributed by atoms with E-state index in [1.807, 2.05) is 35.3 Å². The first-order valence-corrected chi connectivity index (χ1v) is 8.95. The zero-order valence-corrected chi connectivity index (χ0v) is 16.3. The molecule has 0 radical (unpaired) electrons. The summed E-state index contributed by atoms with van der Waals surface area (Å²) in [6.07, 6.45) is 5.56. The average Bonchev–Trinajstić information content (AvgIpc) is 3.25. The van der Waals surface area contributed by atoms with Crippen molar-refractivity contribution in [3.8, 4) is 11.5 Å². The van der Waals surface area contributed by atoms with Gasteiger partial charge in [0.2, 0.25) is 0 Å². The van der Waals surface area contributed by atoms with E-state index in [4.69, 9.17) is 9.47 Å².